The summed E-state index contributed by atoms with van der Waals surface area (Å²) in [6.45, 7) is 1.81. The first-order valence-electron chi connectivity index (χ1n) is 6.93. The van der Waals surface area contributed by atoms with Crippen LogP contribution < -0.4 is 0 Å². The second-order valence-electron chi connectivity index (χ2n) is 4.99. The lowest BCUT2D eigenvalue weighted by molar-refractivity contribution is 0.0696. The molecular formula is C17H14N2O3. The number of carboxylic acid groups (broad SMARTS) is 1. The molecule has 0 aliphatic heterocycles. The zero-order chi connectivity index (χ0) is 15.7. The fraction of sp³-hybridized carbons (Fsp3) is 0.118. The number of ketones is 1. The van der Waals surface area contributed by atoms with Gasteiger partial charge in [-0.25, -0.2) is 4.79 Å². The molecule has 0 saturated carbocycles. The van der Waals surface area contributed by atoms with Gasteiger partial charge in [0.1, 0.15) is 0 Å². The quantitative estimate of drug-likeness (QED) is 0.721. The minimum atomic E-state index is -0.974. The monoisotopic (exact) mass is 294 g/mol. The Bertz CT molecular complexity index is 880. The van der Waals surface area contributed by atoms with Crippen LogP contribution in [0, 0.1) is 0 Å². The van der Waals surface area contributed by atoms with Gasteiger partial charge in [-0.3, -0.25) is 9.78 Å². The largest absolute Gasteiger partial charge is 0.478 e. The van der Waals surface area contributed by atoms with Crippen LogP contribution in [-0.4, -0.2) is 26.8 Å². The molecule has 5 heteroatoms. The summed E-state index contributed by atoms with van der Waals surface area (Å²) in [6, 6.07) is 8.47. The number of rotatable bonds is 4. The van der Waals surface area contributed by atoms with Crippen molar-refractivity contribution >= 4 is 22.7 Å². The molecule has 0 unspecified atom stereocenters. The molecule has 0 fully saturated rings. The molecule has 0 aliphatic rings. The van der Waals surface area contributed by atoms with Crippen molar-refractivity contribution in [1.29, 1.82) is 0 Å². The molecule has 0 saturated heterocycles. The van der Waals surface area contributed by atoms with E-state index in [1.807, 2.05) is 13.0 Å². The maximum Gasteiger partial charge on any atom is 0.335 e. The van der Waals surface area contributed by atoms with Gasteiger partial charge in [0.05, 0.1) is 23.0 Å². The molecule has 0 spiro atoms. The average Bonchev–Trinajstić information content (AvgIpc) is 2.98. The van der Waals surface area contributed by atoms with E-state index >= 15 is 0 Å². The van der Waals surface area contributed by atoms with Crippen LogP contribution in [0.25, 0.3) is 22.0 Å². The second kappa shape index (κ2) is 5.44. The Morgan fingerprint density at radius 3 is 2.77 bits per heavy atom. The van der Waals surface area contributed by atoms with Crippen molar-refractivity contribution in [2.75, 3.05) is 0 Å². The number of nitrogens with one attached hydrogen (secondary N) is 1. The summed E-state index contributed by atoms with van der Waals surface area (Å²) < 4.78 is 0. The van der Waals surface area contributed by atoms with Crippen molar-refractivity contribution in [1.82, 2.24) is 9.97 Å². The van der Waals surface area contributed by atoms with Crippen LogP contribution in [0.15, 0.2) is 42.7 Å². The molecule has 2 N–H and O–H groups in total. The second-order valence-corrected chi connectivity index (χ2v) is 4.99. The Morgan fingerprint density at radius 1 is 1.23 bits per heavy atom. The molecule has 1 aromatic carbocycles. The van der Waals surface area contributed by atoms with E-state index in [9.17, 15) is 9.59 Å². The van der Waals surface area contributed by atoms with Crippen molar-refractivity contribution in [2.45, 2.75) is 13.3 Å². The number of benzene rings is 1. The van der Waals surface area contributed by atoms with Gasteiger partial charge in [-0.2, -0.15) is 0 Å². The van der Waals surface area contributed by atoms with Crippen molar-refractivity contribution in [3.63, 3.8) is 0 Å². The maximum absolute atomic E-state index is 11.8. The standard InChI is InChI=1S/C17H14N2O3/c1-2-16(20)14-7-12-13(8-18-9-15(12)19-14)10-4-3-5-11(6-10)17(21)22/h3-9,19H,2H2,1H3,(H,21,22). The van der Waals surface area contributed by atoms with E-state index in [4.69, 9.17) is 5.11 Å². The predicted octanol–water partition coefficient (Wildman–Crippen LogP) is 3.52. The van der Waals surface area contributed by atoms with Crippen LogP contribution in [0.3, 0.4) is 0 Å². The zero-order valence-electron chi connectivity index (χ0n) is 12.0. The lowest BCUT2D eigenvalue weighted by atomic mass is 10.0. The van der Waals surface area contributed by atoms with Crippen molar-refractivity contribution < 1.29 is 14.7 Å². The number of fused-ring (bicyclic) bond motifs is 1. The first-order chi connectivity index (χ1) is 10.6. The minimum absolute atomic E-state index is 0.0291. The highest BCUT2D eigenvalue weighted by molar-refractivity contribution is 6.03. The third kappa shape index (κ3) is 2.37. The van der Waals surface area contributed by atoms with Gasteiger partial charge in [-0.05, 0) is 23.8 Å². The maximum atomic E-state index is 11.8. The number of aromatic amines is 1. The van der Waals surface area contributed by atoms with Gasteiger partial charge in [0.15, 0.2) is 5.78 Å². The molecule has 2 aromatic heterocycles. The highest BCUT2D eigenvalue weighted by Gasteiger charge is 2.12. The van der Waals surface area contributed by atoms with Crippen molar-refractivity contribution in [3.8, 4) is 11.1 Å². The molecule has 0 bridgehead atoms. The third-order valence-electron chi connectivity index (χ3n) is 3.59. The minimum Gasteiger partial charge on any atom is -0.478 e. The normalized spacial score (nSPS) is 10.8. The smallest absolute Gasteiger partial charge is 0.335 e. The van der Waals surface area contributed by atoms with Crippen LogP contribution in [0.4, 0.5) is 0 Å². The summed E-state index contributed by atoms with van der Waals surface area (Å²) >= 11 is 0. The van der Waals surface area contributed by atoms with Crippen LogP contribution in [0.2, 0.25) is 0 Å². The van der Waals surface area contributed by atoms with E-state index in [1.165, 1.54) is 0 Å². The highest BCUT2D eigenvalue weighted by Crippen LogP contribution is 2.29. The van der Waals surface area contributed by atoms with Crippen molar-refractivity contribution in [2.24, 2.45) is 0 Å². The van der Waals surface area contributed by atoms with Gasteiger partial charge < -0.3 is 10.1 Å². The zero-order valence-corrected chi connectivity index (χ0v) is 12.0. The van der Waals surface area contributed by atoms with E-state index < -0.39 is 5.97 Å². The number of pyridine rings is 1. The number of hydrogen-bond donors (Lipinski definition) is 2. The summed E-state index contributed by atoms with van der Waals surface area (Å²) in [4.78, 5) is 30.2. The SMILES string of the molecule is CCC(=O)c1cc2c(-c3cccc(C(=O)O)c3)cncc2[nH]1. The number of hydrogen-bond acceptors (Lipinski definition) is 3. The van der Waals surface area contributed by atoms with Crippen molar-refractivity contribution in [3.05, 3.63) is 54.0 Å². The van der Waals surface area contributed by atoms with E-state index in [1.54, 1.807) is 36.7 Å². The Hall–Kier alpha value is -2.95. The number of carbonyl (C=O) groups excluding carboxylic acids is 1. The van der Waals surface area contributed by atoms with Crippen LogP contribution in [0.5, 0.6) is 0 Å². The van der Waals surface area contributed by atoms with Gasteiger partial charge in [-0.1, -0.05) is 19.1 Å². The van der Waals surface area contributed by atoms with Gasteiger partial charge in [0.2, 0.25) is 0 Å². The summed E-state index contributed by atoms with van der Waals surface area (Å²) in [5.41, 5.74) is 3.07. The first-order valence-corrected chi connectivity index (χ1v) is 6.93. The van der Waals surface area contributed by atoms with E-state index in [2.05, 4.69) is 9.97 Å². The van der Waals surface area contributed by atoms with Gasteiger partial charge >= 0.3 is 5.97 Å². The molecule has 5 nitrogen and oxygen atoms in total. The van der Waals surface area contributed by atoms with Crippen LogP contribution >= 0.6 is 0 Å². The van der Waals surface area contributed by atoms with Gasteiger partial charge in [0, 0.05) is 23.6 Å². The first kappa shape index (κ1) is 14.0. The van der Waals surface area contributed by atoms with Crippen LogP contribution in [-0.2, 0) is 0 Å². The Labute approximate surface area is 126 Å². The molecule has 2 heterocycles. The summed E-state index contributed by atoms with van der Waals surface area (Å²) in [5.74, 6) is -0.945. The number of carboxylic acids is 1. The number of aromatic carboxylic acids is 1. The number of nitrogens with zero attached hydrogens (tertiary/aromatic N) is 1. The molecule has 0 aliphatic carbocycles. The predicted molar refractivity (Wildman–Crippen MR) is 83.1 cm³/mol. The molecule has 0 atom stereocenters. The fourth-order valence-electron chi connectivity index (χ4n) is 2.44. The highest BCUT2D eigenvalue weighted by atomic mass is 16.4. The lowest BCUT2D eigenvalue weighted by Crippen LogP contribution is -1.95. The van der Waals surface area contributed by atoms with Gasteiger partial charge in [0.25, 0.3) is 0 Å². The molecule has 0 amide bonds. The van der Waals surface area contributed by atoms with Crippen LogP contribution in [0.1, 0.15) is 34.2 Å². The molecule has 22 heavy (non-hydrogen) atoms. The summed E-state index contributed by atoms with van der Waals surface area (Å²) in [6.07, 6.45) is 3.76. The fourth-order valence-corrected chi connectivity index (χ4v) is 2.44. The molecule has 110 valence electrons. The van der Waals surface area contributed by atoms with Gasteiger partial charge in [-0.15, -0.1) is 0 Å². The number of Topliss-reactive ketones (excluding diaryl/α,β-unsaturated/α-hetero) is 1. The van der Waals surface area contributed by atoms with E-state index in [0.29, 0.717) is 12.1 Å². The topological polar surface area (TPSA) is 83.1 Å². The number of carbonyl (C=O) groups is 2. The number of H-pyrrole nitrogens is 1. The summed E-state index contributed by atoms with van der Waals surface area (Å²) in [5, 5.41) is 9.97. The lowest BCUT2D eigenvalue weighted by Gasteiger charge is -2.04. The Kier molecular flexibility index (Phi) is 3.47. The Balaban J connectivity index is 2.18. The molecule has 3 aromatic rings. The van der Waals surface area contributed by atoms with E-state index in [0.717, 1.165) is 22.0 Å². The molecule has 0 radical (unpaired) electrons. The van der Waals surface area contributed by atoms with E-state index in [-0.39, 0.29) is 11.3 Å². The molecule has 3 rings (SSSR count). The number of aromatic nitrogens is 2. The summed E-state index contributed by atoms with van der Waals surface area (Å²) in [7, 11) is 0. The average molecular weight is 294 g/mol. The third-order valence-corrected chi connectivity index (χ3v) is 3.59. The molecular weight excluding hydrogens is 280 g/mol. The Morgan fingerprint density at radius 2 is 2.05 bits per heavy atom.